The van der Waals surface area contributed by atoms with E-state index in [1.807, 2.05) is 12.5 Å². The van der Waals surface area contributed by atoms with Gasteiger partial charge in [-0.3, -0.25) is 0 Å². The maximum atomic E-state index is 4.84. The SMILES string of the molecule is Cc1cc2ccccc2c(N2CCC(Cn3ccnc3)CC2)n1. The summed E-state index contributed by atoms with van der Waals surface area (Å²) >= 11 is 0. The van der Waals surface area contributed by atoms with Crippen molar-refractivity contribution >= 4 is 16.6 Å². The van der Waals surface area contributed by atoms with Crippen LogP contribution in [0.2, 0.25) is 0 Å². The van der Waals surface area contributed by atoms with Gasteiger partial charge in [0.05, 0.1) is 6.33 Å². The summed E-state index contributed by atoms with van der Waals surface area (Å²) in [4.78, 5) is 11.4. The predicted octanol–water partition coefficient (Wildman–Crippen LogP) is 3.66. The van der Waals surface area contributed by atoms with Gasteiger partial charge in [0.1, 0.15) is 5.82 Å². The van der Waals surface area contributed by atoms with Crippen molar-refractivity contribution in [1.29, 1.82) is 0 Å². The van der Waals surface area contributed by atoms with Gasteiger partial charge in [0, 0.05) is 43.1 Å². The summed E-state index contributed by atoms with van der Waals surface area (Å²) in [6, 6.07) is 10.7. The van der Waals surface area contributed by atoms with Crippen molar-refractivity contribution in [2.45, 2.75) is 26.3 Å². The van der Waals surface area contributed by atoms with Gasteiger partial charge in [0.25, 0.3) is 0 Å². The number of benzene rings is 1. The summed E-state index contributed by atoms with van der Waals surface area (Å²) < 4.78 is 2.20. The van der Waals surface area contributed by atoms with Crippen molar-refractivity contribution in [3.05, 3.63) is 54.7 Å². The fraction of sp³-hybridized carbons (Fsp3) is 0.368. The summed E-state index contributed by atoms with van der Waals surface area (Å²) in [5, 5.41) is 2.56. The van der Waals surface area contributed by atoms with E-state index < -0.39 is 0 Å². The lowest BCUT2D eigenvalue weighted by Gasteiger charge is -2.33. The van der Waals surface area contributed by atoms with Crippen LogP contribution in [-0.2, 0) is 6.54 Å². The Morgan fingerprint density at radius 3 is 2.78 bits per heavy atom. The largest absolute Gasteiger partial charge is 0.356 e. The lowest BCUT2D eigenvalue weighted by molar-refractivity contribution is 0.356. The third kappa shape index (κ3) is 2.93. The van der Waals surface area contributed by atoms with Crippen molar-refractivity contribution in [2.75, 3.05) is 18.0 Å². The summed E-state index contributed by atoms with van der Waals surface area (Å²) in [5.74, 6) is 1.89. The van der Waals surface area contributed by atoms with Crippen molar-refractivity contribution in [1.82, 2.24) is 14.5 Å². The van der Waals surface area contributed by atoms with Gasteiger partial charge in [-0.05, 0) is 37.1 Å². The molecule has 1 aromatic carbocycles. The summed E-state index contributed by atoms with van der Waals surface area (Å²) in [6.45, 7) is 5.33. The topological polar surface area (TPSA) is 34.0 Å². The van der Waals surface area contributed by atoms with Crippen LogP contribution in [0.5, 0.6) is 0 Å². The van der Waals surface area contributed by atoms with Crippen LogP contribution in [0, 0.1) is 12.8 Å². The summed E-state index contributed by atoms with van der Waals surface area (Å²) in [6.07, 6.45) is 8.26. The average molecular weight is 306 g/mol. The minimum absolute atomic E-state index is 0.733. The molecule has 23 heavy (non-hydrogen) atoms. The monoisotopic (exact) mass is 306 g/mol. The Labute approximate surface area is 136 Å². The first-order valence-electron chi connectivity index (χ1n) is 8.37. The fourth-order valence-corrected chi connectivity index (χ4v) is 3.57. The minimum Gasteiger partial charge on any atom is -0.356 e. The highest BCUT2D eigenvalue weighted by Gasteiger charge is 2.21. The molecule has 4 nitrogen and oxygen atoms in total. The molecule has 3 aromatic rings. The van der Waals surface area contributed by atoms with Gasteiger partial charge in [-0.15, -0.1) is 0 Å². The fourth-order valence-electron chi connectivity index (χ4n) is 3.57. The smallest absolute Gasteiger partial charge is 0.136 e. The second-order valence-corrected chi connectivity index (χ2v) is 6.50. The van der Waals surface area contributed by atoms with Gasteiger partial charge >= 0.3 is 0 Å². The van der Waals surface area contributed by atoms with E-state index in [0.717, 1.165) is 37.1 Å². The molecule has 1 aliphatic heterocycles. The van der Waals surface area contributed by atoms with Crippen molar-refractivity contribution in [3.8, 4) is 0 Å². The number of hydrogen-bond donors (Lipinski definition) is 0. The van der Waals surface area contributed by atoms with E-state index in [1.54, 1.807) is 0 Å². The van der Waals surface area contributed by atoms with Gasteiger partial charge in [-0.1, -0.05) is 24.3 Å². The van der Waals surface area contributed by atoms with Gasteiger partial charge in [-0.2, -0.15) is 0 Å². The standard InChI is InChI=1S/C19H22N4/c1-15-12-17-4-2-3-5-18(17)19(21-15)23-9-6-16(7-10-23)13-22-11-8-20-14-22/h2-5,8,11-12,14,16H,6-7,9-10,13H2,1H3. The van der Waals surface area contributed by atoms with Crippen LogP contribution < -0.4 is 4.90 Å². The maximum Gasteiger partial charge on any atom is 0.136 e. The molecule has 1 fully saturated rings. The molecular formula is C19H22N4. The number of anilines is 1. The second kappa shape index (κ2) is 6.03. The van der Waals surface area contributed by atoms with Gasteiger partial charge in [0.2, 0.25) is 0 Å². The number of rotatable bonds is 3. The molecule has 4 heteroatoms. The number of piperidine rings is 1. The normalized spacial score (nSPS) is 16.1. The quantitative estimate of drug-likeness (QED) is 0.740. The van der Waals surface area contributed by atoms with E-state index >= 15 is 0 Å². The summed E-state index contributed by atoms with van der Waals surface area (Å²) in [7, 11) is 0. The molecule has 0 unspecified atom stereocenters. The summed E-state index contributed by atoms with van der Waals surface area (Å²) in [5.41, 5.74) is 1.10. The number of fused-ring (bicyclic) bond motifs is 1. The molecule has 0 N–H and O–H groups in total. The molecule has 3 heterocycles. The Morgan fingerprint density at radius 1 is 1.17 bits per heavy atom. The molecule has 0 bridgehead atoms. The Morgan fingerprint density at radius 2 is 2.00 bits per heavy atom. The molecule has 1 aliphatic rings. The first-order valence-corrected chi connectivity index (χ1v) is 8.37. The van der Waals surface area contributed by atoms with Gasteiger partial charge in [0.15, 0.2) is 0 Å². The van der Waals surface area contributed by atoms with E-state index in [9.17, 15) is 0 Å². The van der Waals surface area contributed by atoms with Crippen LogP contribution in [-0.4, -0.2) is 27.6 Å². The first-order chi connectivity index (χ1) is 11.3. The number of aryl methyl sites for hydroxylation is 1. The van der Waals surface area contributed by atoms with Gasteiger partial charge in [-0.25, -0.2) is 9.97 Å². The maximum absolute atomic E-state index is 4.84. The molecular weight excluding hydrogens is 284 g/mol. The minimum atomic E-state index is 0.733. The van der Waals surface area contributed by atoms with Crippen LogP contribution in [0.4, 0.5) is 5.82 Å². The van der Waals surface area contributed by atoms with E-state index in [1.165, 1.54) is 23.6 Å². The van der Waals surface area contributed by atoms with Crippen molar-refractivity contribution in [3.63, 3.8) is 0 Å². The lowest BCUT2D eigenvalue weighted by atomic mass is 9.96. The molecule has 0 aliphatic carbocycles. The first kappa shape index (κ1) is 14.2. The zero-order valence-corrected chi connectivity index (χ0v) is 13.5. The zero-order valence-electron chi connectivity index (χ0n) is 13.5. The number of nitrogens with zero attached hydrogens (tertiary/aromatic N) is 4. The number of hydrogen-bond acceptors (Lipinski definition) is 3. The third-order valence-corrected chi connectivity index (χ3v) is 4.79. The van der Waals surface area contributed by atoms with E-state index in [4.69, 9.17) is 4.98 Å². The molecule has 0 atom stereocenters. The molecule has 0 radical (unpaired) electrons. The third-order valence-electron chi connectivity index (χ3n) is 4.79. The van der Waals surface area contributed by atoms with Crippen LogP contribution in [0.15, 0.2) is 49.1 Å². The predicted molar refractivity (Wildman–Crippen MR) is 93.6 cm³/mol. The Balaban J connectivity index is 1.52. The van der Waals surface area contributed by atoms with Crippen LogP contribution >= 0.6 is 0 Å². The molecule has 118 valence electrons. The number of imidazole rings is 1. The van der Waals surface area contributed by atoms with Crippen molar-refractivity contribution < 1.29 is 0 Å². The van der Waals surface area contributed by atoms with E-state index in [-0.39, 0.29) is 0 Å². The lowest BCUT2D eigenvalue weighted by Crippen LogP contribution is -2.35. The van der Waals surface area contributed by atoms with Crippen molar-refractivity contribution in [2.24, 2.45) is 5.92 Å². The molecule has 4 rings (SSSR count). The van der Waals surface area contributed by atoms with E-state index in [2.05, 4.69) is 57.9 Å². The van der Waals surface area contributed by atoms with Crippen LogP contribution in [0.25, 0.3) is 10.8 Å². The molecule has 2 aromatic heterocycles. The molecule has 0 amide bonds. The highest BCUT2D eigenvalue weighted by atomic mass is 15.2. The second-order valence-electron chi connectivity index (χ2n) is 6.50. The number of aromatic nitrogens is 3. The molecule has 0 spiro atoms. The van der Waals surface area contributed by atoms with Gasteiger partial charge < -0.3 is 9.47 Å². The molecule has 0 saturated carbocycles. The Hall–Kier alpha value is -2.36. The Bertz CT molecular complexity index is 786. The highest BCUT2D eigenvalue weighted by Crippen LogP contribution is 2.29. The Kier molecular flexibility index (Phi) is 3.74. The average Bonchev–Trinajstić information content (AvgIpc) is 3.08. The molecule has 1 saturated heterocycles. The van der Waals surface area contributed by atoms with Crippen LogP contribution in [0.1, 0.15) is 18.5 Å². The van der Waals surface area contributed by atoms with E-state index in [0.29, 0.717) is 0 Å². The highest BCUT2D eigenvalue weighted by molar-refractivity contribution is 5.92. The zero-order chi connectivity index (χ0) is 15.6. The number of pyridine rings is 1. The van der Waals surface area contributed by atoms with Crippen LogP contribution in [0.3, 0.4) is 0 Å².